The summed E-state index contributed by atoms with van der Waals surface area (Å²) < 4.78 is 9.72. The average Bonchev–Trinajstić information content (AvgIpc) is 2.72. The van der Waals surface area contributed by atoms with Crippen LogP contribution >= 0.6 is 0 Å². The average molecular weight is 389 g/mol. The van der Waals surface area contributed by atoms with E-state index in [0.29, 0.717) is 19.4 Å². The van der Waals surface area contributed by atoms with Crippen LogP contribution < -0.4 is 10.6 Å². The van der Waals surface area contributed by atoms with E-state index in [-0.39, 0.29) is 31.8 Å². The minimum absolute atomic E-state index is 0.159. The SMILES string of the molecule is COC(=O)[C@@H](CCC#N)NC(=O)CCCCCNC(=O)OCc1ccccc1. The summed E-state index contributed by atoms with van der Waals surface area (Å²) in [4.78, 5) is 35.1. The van der Waals surface area contributed by atoms with Gasteiger partial charge < -0.3 is 20.1 Å². The van der Waals surface area contributed by atoms with Crippen molar-refractivity contribution in [1.29, 1.82) is 5.26 Å². The zero-order chi connectivity index (χ0) is 20.6. The second kappa shape index (κ2) is 14.0. The van der Waals surface area contributed by atoms with Gasteiger partial charge in [0, 0.05) is 19.4 Å². The summed E-state index contributed by atoms with van der Waals surface area (Å²) in [6.07, 6.45) is 2.25. The van der Waals surface area contributed by atoms with Crippen LogP contribution in [-0.4, -0.2) is 37.7 Å². The Morgan fingerprint density at radius 3 is 2.57 bits per heavy atom. The van der Waals surface area contributed by atoms with Crippen molar-refractivity contribution in [1.82, 2.24) is 10.6 Å². The van der Waals surface area contributed by atoms with Crippen LogP contribution in [0.1, 0.15) is 44.1 Å². The first-order valence-electron chi connectivity index (χ1n) is 9.25. The normalized spacial score (nSPS) is 11.0. The number of carbonyl (C=O) groups is 3. The van der Waals surface area contributed by atoms with Gasteiger partial charge in [-0.15, -0.1) is 0 Å². The highest BCUT2D eigenvalue weighted by Crippen LogP contribution is 2.04. The zero-order valence-corrected chi connectivity index (χ0v) is 16.1. The van der Waals surface area contributed by atoms with Crippen LogP contribution in [0.25, 0.3) is 0 Å². The molecule has 0 aromatic heterocycles. The summed E-state index contributed by atoms with van der Waals surface area (Å²) in [6.45, 7) is 0.683. The molecule has 2 N–H and O–H groups in total. The van der Waals surface area contributed by atoms with Gasteiger partial charge in [0.05, 0.1) is 13.2 Å². The molecule has 28 heavy (non-hydrogen) atoms. The van der Waals surface area contributed by atoms with Gasteiger partial charge >= 0.3 is 12.1 Å². The summed E-state index contributed by atoms with van der Waals surface area (Å²) in [5.74, 6) is -0.814. The lowest BCUT2D eigenvalue weighted by atomic mass is 10.1. The molecule has 2 amide bonds. The fourth-order valence-corrected chi connectivity index (χ4v) is 2.42. The second-order valence-corrected chi connectivity index (χ2v) is 6.14. The highest BCUT2D eigenvalue weighted by atomic mass is 16.5. The van der Waals surface area contributed by atoms with E-state index in [9.17, 15) is 14.4 Å². The lowest BCUT2D eigenvalue weighted by molar-refractivity contribution is -0.145. The molecule has 0 spiro atoms. The molecule has 8 heteroatoms. The quantitative estimate of drug-likeness (QED) is 0.419. The van der Waals surface area contributed by atoms with Crippen molar-refractivity contribution >= 4 is 18.0 Å². The number of nitriles is 1. The molecule has 0 saturated carbocycles. The zero-order valence-electron chi connectivity index (χ0n) is 16.1. The molecular formula is C20H27N3O5. The lowest BCUT2D eigenvalue weighted by Gasteiger charge is -2.15. The first-order chi connectivity index (χ1) is 13.6. The van der Waals surface area contributed by atoms with Gasteiger partial charge in [-0.2, -0.15) is 5.26 Å². The van der Waals surface area contributed by atoms with Crippen LogP contribution in [0, 0.1) is 11.3 Å². The van der Waals surface area contributed by atoms with Crippen LogP contribution in [0.4, 0.5) is 4.79 Å². The maximum Gasteiger partial charge on any atom is 0.407 e. The van der Waals surface area contributed by atoms with Crippen molar-refractivity contribution in [3.05, 3.63) is 35.9 Å². The fraction of sp³-hybridized carbons (Fsp3) is 0.500. The second-order valence-electron chi connectivity index (χ2n) is 6.14. The topological polar surface area (TPSA) is 118 Å². The number of nitrogens with one attached hydrogen (secondary N) is 2. The first kappa shape index (κ1) is 23.0. The van der Waals surface area contributed by atoms with Gasteiger partial charge in [0.25, 0.3) is 0 Å². The van der Waals surface area contributed by atoms with Gasteiger partial charge in [0.15, 0.2) is 0 Å². The third-order valence-corrected chi connectivity index (χ3v) is 3.93. The van der Waals surface area contributed by atoms with E-state index in [1.807, 2.05) is 36.4 Å². The molecule has 0 aliphatic heterocycles. The Balaban J connectivity index is 2.10. The van der Waals surface area contributed by atoms with E-state index < -0.39 is 18.1 Å². The van der Waals surface area contributed by atoms with Crippen LogP contribution in [0.5, 0.6) is 0 Å². The summed E-state index contributed by atoms with van der Waals surface area (Å²) in [5, 5.41) is 13.9. The minimum atomic E-state index is -0.793. The number of rotatable bonds is 12. The Labute approximate surface area is 165 Å². The summed E-state index contributed by atoms with van der Waals surface area (Å²) in [5.41, 5.74) is 0.920. The third-order valence-electron chi connectivity index (χ3n) is 3.93. The van der Waals surface area contributed by atoms with E-state index in [0.717, 1.165) is 12.0 Å². The molecule has 8 nitrogen and oxygen atoms in total. The van der Waals surface area contributed by atoms with Gasteiger partial charge in [0.1, 0.15) is 12.6 Å². The standard InChI is InChI=1S/C20H27N3O5/c1-27-19(25)17(11-8-13-21)23-18(24)12-6-3-7-14-22-20(26)28-15-16-9-4-2-5-10-16/h2,4-5,9-10,17H,3,6-8,11-12,14-15H2,1H3,(H,22,26)(H,23,24)/t17-/m1/s1. The van der Waals surface area contributed by atoms with Crippen molar-refractivity contribution < 1.29 is 23.9 Å². The maximum atomic E-state index is 11.9. The van der Waals surface area contributed by atoms with E-state index in [1.165, 1.54) is 7.11 Å². The van der Waals surface area contributed by atoms with Gasteiger partial charge in [-0.1, -0.05) is 36.8 Å². The number of esters is 1. The molecule has 0 heterocycles. The molecule has 0 radical (unpaired) electrons. The Morgan fingerprint density at radius 2 is 1.89 bits per heavy atom. The number of carbonyl (C=O) groups excluding carboxylic acids is 3. The van der Waals surface area contributed by atoms with E-state index >= 15 is 0 Å². The molecule has 0 aliphatic rings. The van der Waals surface area contributed by atoms with Crippen LogP contribution in [0.3, 0.4) is 0 Å². The molecule has 0 aliphatic carbocycles. The van der Waals surface area contributed by atoms with Crippen molar-refractivity contribution in [2.24, 2.45) is 0 Å². The Morgan fingerprint density at radius 1 is 1.14 bits per heavy atom. The van der Waals surface area contributed by atoms with Crippen molar-refractivity contribution in [2.45, 2.75) is 51.2 Å². The molecule has 0 fully saturated rings. The predicted molar refractivity (Wildman–Crippen MR) is 102 cm³/mol. The monoisotopic (exact) mass is 389 g/mol. The largest absolute Gasteiger partial charge is 0.467 e. The molecule has 0 bridgehead atoms. The number of benzene rings is 1. The summed E-state index contributed by atoms with van der Waals surface area (Å²) in [6, 6.07) is 10.6. The van der Waals surface area contributed by atoms with Crippen molar-refractivity contribution in [2.75, 3.05) is 13.7 Å². The number of alkyl carbamates (subject to hydrolysis) is 1. The Kier molecular flexibility index (Phi) is 11.5. The van der Waals surface area contributed by atoms with Crippen LogP contribution in [0.15, 0.2) is 30.3 Å². The minimum Gasteiger partial charge on any atom is -0.467 e. The highest BCUT2D eigenvalue weighted by molar-refractivity contribution is 5.84. The van der Waals surface area contributed by atoms with Gasteiger partial charge in [-0.25, -0.2) is 9.59 Å². The molecule has 1 aromatic carbocycles. The number of unbranched alkanes of at least 4 members (excludes halogenated alkanes) is 2. The Hall–Kier alpha value is -3.08. The van der Waals surface area contributed by atoms with E-state index in [1.54, 1.807) is 0 Å². The molecule has 1 aromatic rings. The smallest absolute Gasteiger partial charge is 0.407 e. The van der Waals surface area contributed by atoms with Gasteiger partial charge in [-0.05, 0) is 24.8 Å². The molecule has 0 saturated heterocycles. The molecular weight excluding hydrogens is 362 g/mol. The van der Waals surface area contributed by atoms with Crippen LogP contribution in [0.2, 0.25) is 0 Å². The van der Waals surface area contributed by atoms with E-state index in [2.05, 4.69) is 15.4 Å². The number of methoxy groups -OCH3 is 1. The van der Waals surface area contributed by atoms with Gasteiger partial charge in [0.2, 0.25) is 5.91 Å². The molecule has 1 atom stereocenters. The predicted octanol–water partition coefficient (Wildman–Crippen LogP) is 2.43. The molecule has 1 rings (SSSR count). The maximum absolute atomic E-state index is 11.9. The summed E-state index contributed by atoms with van der Waals surface area (Å²) in [7, 11) is 1.24. The number of nitrogens with zero attached hydrogens (tertiary/aromatic N) is 1. The van der Waals surface area contributed by atoms with Crippen LogP contribution in [-0.2, 0) is 25.7 Å². The third kappa shape index (κ3) is 10.2. The number of amides is 2. The Bertz CT molecular complexity index is 658. The number of hydrogen-bond donors (Lipinski definition) is 2. The fourth-order valence-electron chi connectivity index (χ4n) is 2.42. The first-order valence-corrected chi connectivity index (χ1v) is 9.25. The summed E-state index contributed by atoms with van der Waals surface area (Å²) >= 11 is 0. The number of ether oxygens (including phenoxy) is 2. The van der Waals surface area contributed by atoms with Crippen molar-refractivity contribution in [3.63, 3.8) is 0 Å². The van der Waals surface area contributed by atoms with Crippen molar-refractivity contribution in [3.8, 4) is 6.07 Å². The van der Waals surface area contributed by atoms with E-state index in [4.69, 9.17) is 10.00 Å². The molecule has 152 valence electrons. The lowest BCUT2D eigenvalue weighted by Crippen LogP contribution is -2.41. The number of hydrogen-bond acceptors (Lipinski definition) is 6. The van der Waals surface area contributed by atoms with Gasteiger partial charge in [-0.3, -0.25) is 4.79 Å². The highest BCUT2D eigenvalue weighted by Gasteiger charge is 2.20. The molecule has 0 unspecified atom stereocenters.